The fraction of sp³-hybridized carbons (Fsp3) is 0.111. The van der Waals surface area contributed by atoms with Crippen LogP contribution >= 0.6 is 15.9 Å². The van der Waals surface area contributed by atoms with E-state index in [0.29, 0.717) is 11.4 Å². The van der Waals surface area contributed by atoms with Crippen LogP contribution in [0.4, 0.5) is 5.69 Å². The van der Waals surface area contributed by atoms with Crippen molar-refractivity contribution in [3.05, 3.63) is 22.7 Å². The van der Waals surface area contributed by atoms with Gasteiger partial charge in [0.15, 0.2) is 0 Å². The number of aldehydes is 1. The smallest absolute Gasteiger partial charge is 0.288 e. The molecule has 1 amide bonds. The van der Waals surface area contributed by atoms with E-state index < -0.39 is 5.91 Å². The van der Waals surface area contributed by atoms with Crippen molar-refractivity contribution in [2.45, 2.75) is 0 Å². The first-order valence-corrected chi connectivity index (χ1v) is 4.56. The highest BCUT2D eigenvalue weighted by Gasteiger charge is 2.06. The average Bonchev–Trinajstić information content (AvgIpc) is 2.18. The fourth-order valence-corrected chi connectivity index (χ4v) is 1.30. The van der Waals surface area contributed by atoms with Crippen molar-refractivity contribution in [2.75, 3.05) is 12.4 Å². The number of halogens is 1. The third kappa shape index (κ3) is 2.56. The maximum Gasteiger partial charge on any atom is 0.288 e. The highest BCUT2D eigenvalue weighted by atomic mass is 79.9. The van der Waals surface area contributed by atoms with Crippen molar-refractivity contribution >= 4 is 33.8 Å². The summed E-state index contributed by atoms with van der Waals surface area (Å²) in [5.74, 6) is -0.204. The molecular weight excluding hydrogens is 250 g/mol. The van der Waals surface area contributed by atoms with Gasteiger partial charge in [-0.15, -0.1) is 0 Å². The number of carbonyl (C=O) groups excluding carboxylic acids is 2. The number of anilines is 1. The molecule has 1 N–H and O–H groups in total. The zero-order chi connectivity index (χ0) is 10.6. The molecule has 0 aliphatic carbocycles. The summed E-state index contributed by atoms with van der Waals surface area (Å²) in [5.41, 5.74) is 0.457. The minimum atomic E-state index is -0.707. The van der Waals surface area contributed by atoms with E-state index in [4.69, 9.17) is 4.74 Å². The lowest BCUT2D eigenvalue weighted by atomic mass is 10.3. The maximum atomic E-state index is 10.8. The molecule has 14 heavy (non-hydrogen) atoms. The zero-order valence-corrected chi connectivity index (χ0v) is 9.00. The minimum Gasteiger partial charge on any atom is -0.495 e. The molecule has 0 unspecified atom stereocenters. The van der Waals surface area contributed by atoms with Gasteiger partial charge in [-0.1, -0.05) is 15.9 Å². The molecule has 0 aromatic heterocycles. The second kappa shape index (κ2) is 4.76. The largest absolute Gasteiger partial charge is 0.495 e. The monoisotopic (exact) mass is 257 g/mol. The Labute approximate surface area is 89.4 Å². The highest BCUT2D eigenvalue weighted by molar-refractivity contribution is 9.10. The van der Waals surface area contributed by atoms with E-state index in [-0.39, 0.29) is 6.29 Å². The number of nitrogens with one attached hydrogen (secondary N) is 1. The van der Waals surface area contributed by atoms with Gasteiger partial charge in [0.05, 0.1) is 12.8 Å². The standard InChI is InChI=1S/C9H8BrNO3/c1-14-8-3-2-6(10)4-7(8)11-9(13)5-12/h2-5H,1H3,(H,11,13). The van der Waals surface area contributed by atoms with E-state index >= 15 is 0 Å². The molecule has 4 nitrogen and oxygen atoms in total. The van der Waals surface area contributed by atoms with Gasteiger partial charge in [-0.25, -0.2) is 0 Å². The van der Waals surface area contributed by atoms with Crippen LogP contribution < -0.4 is 10.1 Å². The van der Waals surface area contributed by atoms with Crippen LogP contribution in [-0.2, 0) is 9.59 Å². The summed E-state index contributed by atoms with van der Waals surface area (Å²) in [6, 6.07) is 5.11. The number of carbonyl (C=O) groups is 2. The summed E-state index contributed by atoms with van der Waals surface area (Å²) >= 11 is 3.24. The zero-order valence-electron chi connectivity index (χ0n) is 7.41. The van der Waals surface area contributed by atoms with Gasteiger partial charge in [0, 0.05) is 4.47 Å². The van der Waals surface area contributed by atoms with E-state index in [1.807, 2.05) is 0 Å². The number of rotatable bonds is 3. The van der Waals surface area contributed by atoms with E-state index in [0.717, 1.165) is 4.47 Å². The van der Waals surface area contributed by atoms with E-state index in [2.05, 4.69) is 21.2 Å². The lowest BCUT2D eigenvalue weighted by molar-refractivity contribution is -0.127. The molecule has 0 bridgehead atoms. The van der Waals surface area contributed by atoms with Crippen LogP contribution in [0.1, 0.15) is 0 Å². The molecule has 74 valence electrons. The Morgan fingerprint density at radius 3 is 2.86 bits per heavy atom. The number of benzene rings is 1. The van der Waals surface area contributed by atoms with Crippen molar-refractivity contribution in [1.82, 2.24) is 0 Å². The van der Waals surface area contributed by atoms with Gasteiger partial charge in [0.1, 0.15) is 5.75 Å². The number of hydrogen-bond donors (Lipinski definition) is 1. The van der Waals surface area contributed by atoms with E-state index in [1.54, 1.807) is 18.2 Å². The molecule has 0 saturated carbocycles. The number of amides is 1. The molecule has 0 heterocycles. The predicted molar refractivity (Wildman–Crippen MR) is 55.4 cm³/mol. The summed E-state index contributed by atoms with van der Waals surface area (Å²) in [6.07, 6.45) is 0.209. The lowest BCUT2D eigenvalue weighted by Gasteiger charge is -2.08. The summed E-state index contributed by atoms with van der Waals surface area (Å²) in [6.45, 7) is 0. The Bertz CT molecular complexity index is 365. The summed E-state index contributed by atoms with van der Waals surface area (Å²) in [7, 11) is 1.49. The molecule has 0 radical (unpaired) electrons. The van der Waals surface area contributed by atoms with Crippen LogP contribution in [0.2, 0.25) is 0 Å². The second-order valence-corrected chi connectivity index (χ2v) is 3.37. The molecule has 1 rings (SSSR count). The minimum absolute atomic E-state index is 0.209. The van der Waals surface area contributed by atoms with Crippen molar-refractivity contribution in [2.24, 2.45) is 0 Å². The summed E-state index contributed by atoms with van der Waals surface area (Å²) in [5, 5.41) is 2.39. The Kier molecular flexibility index (Phi) is 3.64. The third-order valence-corrected chi connectivity index (χ3v) is 2.02. The molecule has 0 aliphatic heterocycles. The second-order valence-electron chi connectivity index (χ2n) is 2.45. The molecule has 1 aromatic rings. The quantitative estimate of drug-likeness (QED) is 0.661. The fourth-order valence-electron chi connectivity index (χ4n) is 0.940. The Morgan fingerprint density at radius 2 is 2.29 bits per heavy atom. The molecule has 0 spiro atoms. The van der Waals surface area contributed by atoms with Gasteiger partial charge >= 0.3 is 0 Å². The van der Waals surface area contributed by atoms with Crippen molar-refractivity contribution in [3.8, 4) is 5.75 Å². The predicted octanol–water partition coefficient (Wildman–Crippen LogP) is 1.60. The van der Waals surface area contributed by atoms with Crippen LogP contribution in [-0.4, -0.2) is 19.3 Å². The highest BCUT2D eigenvalue weighted by Crippen LogP contribution is 2.27. The van der Waals surface area contributed by atoms with Gasteiger partial charge in [0.2, 0.25) is 6.29 Å². The van der Waals surface area contributed by atoms with Crippen LogP contribution in [0.25, 0.3) is 0 Å². The number of hydrogen-bond acceptors (Lipinski definition) is 3. The van der Waals surface area contributed by atoms with Gasteiger partial charge in [-0.05, 0) is 18.2 Å². The molecule has 0 saturated heterocycles. The first-order valence-electron chi connectivity index (χ1n) is 3.77. The average molecular weight is 258 g/mol. The van der Waals surface area contributed by atoms with E-state index in [9.17, 15) is 9.59 Å². The summed E-state index contributed by atoms with van der Waals surface area (Å²) in [4.78, 5) is 20.9. The molecule has 5 heteroatoms. The first-order chi connectivity index (χ1) is 6.67. The normalized spacial score (nSPS) is 9.29. The molecule has 0 aliphatic rings. The Morgan fingerprint density at radius 1 is 1.57 bits per heavy atom. The lowest BCUT2D eigenvalue weighted by Crippen LogP contribution is -2.12. The van der Waals surface area contributed by atoms with Crippen molar-refractivity contribution in [3.63, 3.8) is 0 Å². The molecule has 1 aromatic carbocycles. The van der Waals surface area contributed by atoms with Crippen LogP contribution in [0, 0.1) is 0 Å². The SMILES string of the molecule is COc1ccc(Br)cc1NC(=O)C=O. The molecule has 0 fully saturated rings. The van der Waals surface area contributed by atoms with Crippen LogP contribution in [0.5, 0.6) is 5.75 Å². The molecular formula is C9H8BrNO3. The topological polar surface area (TPSA) is 55.4 Å². The van der Waals surface area contributed by atoms with Crippen molar-refractivity contribution in [1.29, 1.82) is 0 Å². The van der Waals surface area contributed by atoms with Crippen molar-refractivity contribution < 1.29 is 14.3 Å². The van der Waals surface area contributed by atoms with Gasteiger partial charge in [-0.3, -0.25) is 9.59 Å². The Balaban J connectivity index is 2.98. The number of methoxy groups -OCH3 is 1. The molecule has 0 atom stereocenters. The van der Waals surface area contributed by atoms with E-state index in [1.165, 1.54) is 7.11 Å². The summed E-state index contributed by atoms with van der Waals surface area (Å²) < 4.78 is 5.79. The first kappa shape index (κ1) is 10.7. The van der Waals surface area contributed by atoms with Crippen LogP contribution in [0.3, 0.4) is 0 Å². The number of ether oxygens (including phenoxy) is 1. The van der Waals surface area contributed by atoms with Gasteiger partial charge in [0.25, 0.3) is 5.91 Å². The van der Waals surface area contributed by atoms with Gasteiger partial charge < -0.3 is 10.1 Å². The Hall–Kier alpha value is -1.36. The third-order valence-electron chi connectivity index (χ3n) is 1.53. The maximum absolute atomic E-state index is 10.8. The van der Waals surface area contributed by atoms with Gasteiger partial charge in [-0.2, -0.15) is 0 Å². The van der Waals surface area contributed by atoms with Crippen LogP contribution in [0.15, 0.2) is 22.7 Å².